The largest absolute Gasteiger partial charge is 0.465 e. The van der Waals surface area contributed by atoms with Crippen molar-refractivity contribution in [3.05, 3.63) is 59.0 Å². The van der Waals surface area contributed by atoms with Gasteiger partial charge in [-0.05, 0) is 31.5 Å². The third-order valence-corrected chi connectivity index (χ3v) is 2.51. The molecule has 0 atom stereocenters. The van der Waals surface area contributed by atoms with Crippen molar-refractivity contribution in [3.63, 3.8) is 0 Å². The zero-order valence-electron chi connectivity index (χ0n) is 9.79. The second-order valence-corrected chi connectivity index (χ2v) is 4.10. The topological polar surface area (TPSA) is 25.2 Å². The summed E-state index contributed by atoms with van der Waals surface area (Å²) < 4.78 is 5.48. The van der Waals surface area contributed by atoms with E-state index >= 15 is 0 Å². The summed E-state index contributed by atoms with van der Waals surface area (Å²) in [5.41, 5.74) is 2.61. The van der Waals surface area contributed by atoms with Crippen LogP contribution in [-0.4, -0.2) is 0 Å². The highest BCUT2D eigenvalue weighted by molar-refractivity contribution is 5.22. The molecule has 0 aliphatic carbocycles. The molecule has 1 aromatic carbocycles. The van der Waals surface area contributed by atoms with E-state index in [-0.39, 0.29) is 0 Å². The molecule has 0 amide bonds. The summed E-state index contributed by atoms with van der Waals surface area (Å²) in [4.78, 5) is 0. The molecule has 84 valence electrons. The number of benzene rings is 1. The fourth-order valence-corrected chi connectivity index (χ4v) is 1.73. The van der Waals surface area contributed by atoms with E-state index in [4.69, 9.17) is 4.42 Å². The van der Waals surface area contributed by atoms with Crippen molar-refractivity contribution in [1.82, 2.24) is 5.32 Å². The fourth-order valence-electron chi connectivity index (χ4n) is 1.73. The predicted octanol–water partition coefficient (Wildman–Crippen LogP) is 3.19. The van der Waals surface area contributed by atoms with Crippen LogP contribution in [-0.2, 0) is 13.1 Å². The second kappa shape index (κ2) is 4.99. The van der Waals surface area contributed by atoms with Crippen molar-refractivity contribution in [2.75, 3.05) is 0 Å². The summed E-state index contributed by atoms with van der Waals surface area (Å²) >= 11 is 0. The molecule has 0 unspecified atom stereocenters. The van der Waals surface area contributed by atoms with Gasteiger partial charge >= 0.3 is 0 Å². The van der Waals surface area contributed by atoms with Crippen molar-refractivity contribution in [2.24, 2.45) is 0 Å². The number of aryl methyl sites for hydroxylation is 2. The lowest BCUT2D eigenvalue weighted by atomic mass is 10.1. The van der Waals surface area contributed by atoms with E-state index in [0.717, 1.165) is 24.6 Å². The lowest BCUT2D eigenvalue weighted by molar-refractivity contribution is 0.461. The van der Waals surface area contributed by atoms with Crippen molar-refractivity contribution in [2.45, 2.75) is 26.9 Å². The summed E-state index contributed by atoms with van der Waals surface area (Å²) in [6, 6.07) is 12.5. The molecule has 0 aliphatic rings. The Hall–Kier alpha value is -1.54. The van der Waals surface area contributed by atoms with Gasteiger partial charge in [-0.1, -0.05) is 29.8 Å². The second-order valence-electron chi connectivity index (χ2n) is 4.10. The van der Waals surface area contributed by atoms with Crippen LogP contribution >= 0.6 is 0 Å². The minimum Gasteiger partial charge on any atom is -0.465 e. The Morgan fingerprint density at radius 2 is 1.94 bits per heavy atom. The Kier molecular flexibility index (Phi) is 3.42. The first-order valence-electron chi connectivity index (χ1n) is 5.55. The van der Waals surface area contributed by atoms with Crippen LogP contribution in [0.4, 0.5) is 0 Å². The highest BCUT2D eigenvalue weighted by Crippen LogP contribution is 2.07. The predicted molar refractivity (Wildman–Crippen MR) is 65.2 cm³/mol. The molecule has 0 saturated heterocycles. The molecule has 0 saturated carbocycles. The summed E-state index contributed by atoms with van der Waals surface area (Å²) in [6.45, 7) is 5.73. The van der Waals surface area contributed by atoms with Crippen molar-refractivity contribution >= 4 is 0 Å². The van der Waals surface area contributed by atoms with Crippen molar-refractivity contribution in [1.29, 1.82) is 0 Å². The first-order valence-corrected chi connectivity index (χ1v) is 5.55. The standard InChI is InChI=1S/C14H17NO/c1-11-4-3-5-13(8-11)9-15-10-14-7-6-12(2)16-14/h3-8,15H,9-10H2,1-2H3. The maximum Gasteiger partial charge on any atom is 0.117 e. The normalized spacial score (nSPS) is 10.6. The zero-order chi connectivity index (χ0) is 11.4. The van der Waals surface area contributed by atoms with Gasteiger partial charge in [0.1, 0.15) is 11.5 Å². The summed E-state index contributed by atoms with van der Waals surface area (Å²) in [7, 11) is 0. The molecular weight excluding hydrogens is 198 g/mol. The minimum absolute atomic E-state index is 0.780. The third-order valence-electron chi connectivity index (χ3n) is 2.51. The Morgan fingerprint density at radius 3 is 2.62 bits per heavy atom. The van der Waals surface area contributed by atoms with E-state index in [9.17, 15) is 0 Å². The zero-order valence-corrected chi connectivity index (χ0v) is 9.79. The maximum absolute atomic E-state index is 5.48. The van der Waals surface area contributed by atoms with Gasteiger partial charge in [-0.15, -0.1) is 0 Å². The number of nitrogens with one attached hydrogen (secondary N) is 1. The quantitative estimate of drug-likeness (QED) is 0.847. The van der Waals surface area contributed by atoms with E-state index in [0.29, 0.717) is 0 Å². The van der Waals surface area contributed by atoms with Crippen LogP contribution in [0.3, 0.4) is 0 Å². The van der Waals surface area contributed by atoms with Gasteiger partial charge in [0.2, 0.25) is 0 Å². The van der Waals surface area contributed by atoms with Gasteiger partial charge in [0.05, 0.1) is 6.54 Å². The molecule has 0 aliphatic heterocycles. The van der Waals surface area contributed by atoms with Gasteiger partial charge in [-0.3, -0.25) is 0 Å². The molecule has 0 fully saturated rings. The minimum atomic E-state index is 0.780. The molecule has 1 aromatic heterocycles. The molecule has 2 nitrogen and oxygen atoms in total. The summed E-state index contributed by atoms with van der Waals surface area (Å²) in [5.74, 6) is 1.96. The molecule has 1 heterocycles. The number of rotatable bonds is 4. The molecule has 0 radical (unpaired) electrons. The van der Waals surface area contributed by atoms with Crippen LogP contribution in [0.2, 0.25) is 0 Å². The van der Waals surface area contributed by atoms with Crippen molar-refractivity contribution in [3.8, 4) is 0 Å². The monoisotopic (exact) mass is 215 g/mol. The molecule has 0 spiro atoms. The summed E-state index contributed by atoms with van der Waals surface area (Å²) in [6.07, 6.45) is 0. The van der Waals surface area contributed by atoms with Crippen LogP contribution in [0, 0.1) is 13.8 Å². The van der Waals surface area contributed by atoms with E-state index in [1.54, 1.807) is 0 Å². The van der Waals surface area contributed by atoms with Gasteiger partial charge in [-0.25, -0.2) is 0 Å². The molecule has 2 aromatic rings. The SMILES string of the molecule is Cc1cccc(CNCc2ccc(C)o2)c1. The number of hydrogen-bond donors (Lipinski definition) is 1. The molecule has 1 N–H and O–H groups in total. The molecule has 2 heteroatoms. The Balaban J connectivity index is 1.84. The van der Waals surface area contributed by atoms with Crippen molar-refractivity contribution < 1.29 is 4.42 Å². The maximum atomic E-state index is 5.48. The van der Waals surface area contributed by atoms with E-state index in [1.807, 2.05) is 19.1 Å². The Bertz CT molecular complexity index is 459. The van der Waals surface area contributed by atoms with Crippen LogP contribution in [0.1, 0.15) is 22.6 Å². The number of furan rings is 1. The van der Waals surface area contributed by atoms with E-state index < -0.39 is 0 Å². The Labute approximate surface area is 96.3 Å². The van der Waals surface area contributed by atoms with E-state index in [2.05, 4.69) is 36.5 Å². The van der Waals surface area contributed by atoms with Crippen LogP contribution in [0.15, 0.2) is 40.8 Å². The van der Waals surface area contributed by atoms with Crippen LogP contribution in [0.25, 0.3) is 0 Å². The van der Waals surface area contributed by atoms with Gasteiger partial charge in [0, 0.05) is 6.54 Å². The van der Waals surface area contributed by atoms with Gasteiger partial charge in [0.25, 0.3) is 0 Å². The highest BCUT2D eigenvalue weighted by Gasteiger charge is 1.98. The Morgan fingerprint density at radius 1 is 1.06 bits per heavy atom. The average Bonchev–Trinajstić information content (AvgIpc) is 2.64. The molecule has 2 rings (SSSR count). The van der Waals surface area contributed by atoms with Crippen LogP contribution in [0.5, 0.6) is 0 Å². The third kappa shape index (κ3) is 2.97. The smallest absolute Gasteiger partial charge is 0.117 e. The fraction of sp³-hybridized carbons (Fsp3) is 0.286. The highest BCUT2D eigenvalue weighted by atomic mass is 16.3. The molecule has 16 heavy (non-hydrogen) atoms. The van der Waals surface area contributed by atoms with Crippen LogP contribution < -0.4 is 5.32 Å². The van der Waals surface area contributed by atoms with Gasteiger partial charge in [0.15, 0.2) is 0 Å². The lowest BCUT2D eigenvalue weighted by Crippen LogP contribution is -2.12. The van der Waals surface area contributed by atoms with E-state index in [1.165, 1.54) is 11.1 Å². The first kappa shape index (κ1) is 11.0. The average molecular weight is 215 g/mol. The van der Waals surface area contributed by atoms with Gasteiger partial charge in [-0.2, -0.15) is 0 Å². The lowest BCUT2D eigenvalue weighted by Gasteiger charge is -2.03. The summed E-state index contributed by atoms with van der Waals surface area (Å²) in [5, 5.41) is 3.36. The molecular formula is C14H17NO. The first-order chi connectivity index (χ1) is 7.74. The van der Waals surface area contributed by atoms with Gasteiger partial charge < -0.3 is 9.73 Å². The number of hydrogen-bond acceptors (Lipinski definition) is 2. The molecule has 0 bridgehead atoms.